The summed E-state index contributed by atoms with van der Waals surface area (Å²) in [5.74, 6) is 0.950. The molecule has 0 unspecified atom stereocenters. The third kappa shape index (κ3) is 6.57. The Morgan fingerprint density at radius 3 is 2.25 bits per heavy atom. The maximum atomic E-state index is 12.7. The Morgan fingerprint density at radius 1 is 0.906 bits per heavy atom. The van der Waals surface area contributed by atoms with E-state index in [1.54, 1.807) is 0 Å². The fourth-order valence-electron chi connectivity index (χ4n) is 4.67. The van der Waals surface area contributed by atoms with Gasteiger partial charge in [0, 0.05) is 45.3 Å². The number of hydrogen-bond donors (Lipinski definition) is 0. The number of nitrogens with zero attached hydrogens (tertiary/aromatic N) is 3. The summed E-state index contributed by atoms with van der Waals surface area (Å²) < 4.78 is 6.22. The molecule has 2 heterocycles. The van der Waals surface area contributed by atoms with E-state index in [1.807, 2.05) is 36.2 Å². The summed E-state index contributed by atoms with van der Waals surface area (Å²) in [7, 11) is 1.90. The van der Waals surface area contributed by atoms with Gasteiger partial charge in [-0.15, -0.1) is 0 Å². The summed E-state index contributed by atoms with van der Waals surface area (Å²) >= 11 is 0. The van der Waals surface area contributed by atoms with Crippen LogP contribution in [0.2, 0.25) is 0 Å². The fraction of sp³-hybridized carbons (Fsp3) is 0.519. The van der Waals surface area contributed by atoms with Crippen LogP contribution in [0.15, 0.2) is 54.6 Å². The van der Waals surface area contributed by atoms with Crippen LogP contribution in [0.1, 0.15) is 41.6 Å². The van der Waals surface area contributed by atoms with E-state index >= 15 is 0 Å². The molecule has 172 valence electrons. The van der Waals surface area contributed by atoms with Crippen LogP contribution in [-0.2, 0) is 6.42 Å². The van der Waals surface area contributed by atoms with Crippen molar-refractivity contribution >= 4 is 5.91 Å². The normalized spacial score (nSPS) is 18.0. The first kappa shape index (κ1) is 22.8. The van der Waals surface area contributed by atoms with Gasteiger partial charge in [-0.05, 0) is 75.0 Å². The Hall–Kier alpha value is -2.37. The topological polar surface area (TPSA) is 36.0 Å². The van der Waals surface area contributed by atoms with Gasteiger partial charge >= 0.3 is 0 Å². The van der Waals surface area contributed by atoms with E-state index in [-0.39, 0.29) is 12.0 Å². The zero-order valence-electron chi connectivity index (χ0n) is 19.4. The molecule has 5 nitrogen and oxygen atoms in total. The SMILES string of the molecule is CN(CCN1CCCC1)C(=O)c1ccc(OC2CCN(CCc3ccccc3)CC2)cc1. The zero-order valence-corrected chi connectivity index (χ0v) is 19.4. The second-order valence-electron chi connectivity index (χ2n) is 9.19. The molecule has 2 aliphatic heterocycles. The number of benzene rings is 2. The molecular weight excluding hydrogens is 398 g/mol. The monoisotopic (exact) mass is 435 g/mol. The minimum absolute atomic E-state index is 0.0856. The second kappa shape index (κ2) is 11.5. The van der Waals surface area contributed by atoms with E-state index in [0.29, 0.717) is 0 Å². The molecule has 0 atom stereocenters. The van der Waals surface area contributed by atoms with E-state index < -0.39 is 0 Å². The Labute approximate surface area is 193 Å². The lowest BCUT2D eigenvalue weighted by Gasteiger charge is -2.32. The maximum Gasteiger partial charge on any atom is 0.253 e. The number of likely N-dealkylation sites (tertiary alicyclic amines) is 2. The zero-order chi connectivity index (χ0) is 22.2. The lowest BCUT2D eigenvalue weighted by Crippen LogP contribution is -2.39. The first-order valence-corrected chi connectivity index (χ1v) is 12.2. The first-order valence-electron chi connectivity index (χ1n) is 12.2. The molecule has 2 aromatic rings. The van der Waals surface area contributed by atoms with Crippen molar-refractivity contribution in [1.82, 2.24) is 14.7 Å². The van der Waals surface area contributed by atoms with Gasteiger partial charge < -0.3 is 19.4 Å². The van der Waals surface area contributed by atoms with Gasteiger partial charge in [-0.3, -0.25) is 4.79 Å². The van der Waals surface area contributed by atoms with Gasteiger partial charge in [-0.1, -0.05) is 30.3 Å². The number of amides is 1. The van der Waals surface area contributed by atoms with Crippen LogP contribution < -0.4 is 4.74 Å². The number of ether oxygens (including phenoxy) is 1. The van der Waals surface area contributed by atoms with Crippen molar-refractivity contribution in [3.05, 3.63) is 65.7 Å². The van der Waals surface area contributed by atoms with E-state index in [2.05, 4.69) is 40.1 Å². The van der Waals surface area contributed by atoms with Crippen molar-refractivity contribution in [2.75, 3.05) is 52.9 Å². The van der Waals surface area contributed by atoms with Crippen LogP contribution in [0.5, 0.6) is 5.75 Å². The highest BCUT2D eigenvalue weighted by molar-refractivity contribution is 5.94. The number of likely N-dealkylation sites (N-methyl/N-ethyl adjacent to an activating group) is 1. The quantitative estimate of drug-likeness (QED) is 0.598. The molecule has 2 fully saturated rings. The molecule has 0 radical (unpaired) electrons. The number of carbonyl (C=O) groups excluding carboxylic acids is 1. The second-order valence-corrected chi connectivity index (χ2v) is 9.19. The van der Waals surface area contributed by atoms with Gasteiger partial charge in [0.2, 0.25) is 0 Å². The number of hydrogen-bond acceptors (Lipinski definition) is 4. The molecule has 2 aliphatic rings. The van der Waals surface area contributed by atoms with Gasteiger partial charge in [0.15, 0.2) is 0 Å². The van der Waals surface area contributed by atoms with Crippen LogP contribution in [0.3, 0.4) is 0 Å². The van der Waals surface area contributed by atoms with Gasteiger partial charge in [0.25, 0.3) is 5.91 Å². The number of carbonyl (C=O) groups is 1. The lowest BCUT2D eigenvalue weighted by atomic mass is 10.1. The standard InChI is InChI=1S/C27H37N3O2/c1-28(21-22-29-16-5-6-17-29)27(31)24-9-11-25(12-10-24)32-26-14-19-30(20-15-26)18-13-23-7-3-2-4-8-23/h2-4,7-12,26H,5-6,13-22H2,1H3. The molecule has 0 N–H and O–H groups in total. The molecule has 2 aromatic carbocycles. The van der Waals surface area contributed by atoms with Crippen molar-refractivity contribution < 1.29 is 9.53 Å². The van der Waals surface area contributed by atoms with Gasteiger partial charge in [0.05, 0.1) is 0 Å². The minimum Gasteiger partial charge on any atom is -0.490 e. The van der Waals surface area contributed by atoms with Crippen LogP contribution in [-0.4, -0.2) is 79.6 Å². The molecule has 2 saturated heterocycles. The molecule has 0 spiro atoms. The minimum atomic E-state index is 0.0856. The molecule has 0 bridgehead atoms. The molecule has 0 aliphatic carbocycles. The summed E-state index contributed by atoms with van der Waals surface area (Å²) in [5, 5.41) is 0. The maximum absolute atomic E-state index is 12.7. The van der Waals surface area contributed by atoms with E-state index in [9.17, 15) is 4.79 Å². The summed E-state index contributed by atoms with van der Waals surface area (Å²) in [6.07, 6.45) is 6.03. The highest BCUT2D eigenvalue weighted by atomic mass is 16.5. The predicted molar refractivity (Wildman–Crippen MR) is 129 cm³/mol. The predicted octanol–water partition coefficient (Wildman–Crippen LogP) is 3.94. The van der Waals surface area contributed by atoms with E-state index in [4.69, 9.17) is 4.74 Å². The Kier molecular flexibility index (Phi) is 8.18. The molecule has 4 rings (SSSR count). The summed E-state index contributed by atoms with van der Waals surface area (Å²) in [6.45, 7) is 7.35. The van der Waals surface area contributed by atoms with E-state index in [0.717, 1.165) is 63.3 Å². The summed E-state index contributed by atoms with van der Waals surface area (Å²) in [6, 6.07) is 18.4. The average molecular weight is 436 g/mol. The van der Waals surface area contributed by atoms with Crippen molar-refractivity contribution in [2.45, 2.75) is 38.2 Å². The van der Waals surface area contributed by atoms with Gasteiger partial charge in [-0.2, -0.15) is 0 Å². The Balaban J connectivity index is 1.18. The lowest BCUT2D eigenvalue weighted by molar-refractivity contribution is 0.0782. The summed E-state index contributed by atoms with van der Waals surface area (Å²) in [5.41, 5.74) is 2.14. The summed E-state index contributed by atoms with van der Waals surface area (Å²) in [4.78, 5) is 19.5. The van der Waals surface area contributed by atoms with E-state index in [1.165, 1.54) is 31.5 Å². The Bertz CT molecular complexity index is 826. The highest BCUT2D eigenvalue weighted by Gasteiger charge is 2.21. The van der Waals surface area contributed by atoms with Crippen molar-refractivity contribution in [3.8, 4) is 5.75 Å². The van der Waals surface area contributed by atoms with Crippen molar-refractivity contribution in [2.24, 2.45) is 0 Å². The van der Waals surface area contributed by atoms with Crippen LogP contribution >= 0.6 is 0 Å². The average Bonchev–Trinajstić information content (AvgIpc) is 3.37. The molecule has 5 heteroatoms. The molecule has 0 saturated carbocycles. The Morgan fingerprint density at radius 2 is 1.56 bits per heavy atom. The number of piperidine rings is 1. The number of rotatable bonds is 9. The van der Waals surface area contributed by atoms with Gasteiger partial charge in [0.1, 0.15) is 11.9 Å². The third-order valence-corrected chi connectivity index (χ3v) is 6.80. The van der Waals surface area contributed by atoms with Crippen molar-refractivity contribution in [1.29, 1.82) is 0 Å². The van der Waals surface area contributed by atoms with Crippen molar-refractivity contribution in [3.63, 3.8) is 0 Å². The molecular formula is C27H37N3O2. The molecule has 32 heavy (non-hydrogen) atoms. The first-order chi connectivity index (χ1) is 15.7. The molecule has 1 amide bonds. The smallest absolute Gasteiger partial charge is 0.253 e. The fourth-order valence-corrected chi connectivity index (χ4v) is 4.67. The van der Waals surface area contributed by atoms with Gasteiger partial charge in [-0.25, -0.2) is 0 Å². The third-order valence-electron chi connectivity index (χ3n) is 6.80. The highest BCUT2D eigenvalue weighted by Crippen LogP contribution is 2.20. The van der Waals surface area contributed by atoms with Crippen LogP contribution in [0.4, 0.5) is 0 Å². The largest absolute Gasteiger partial charge is 0.490 e. The van der Waals surface area contributed by atoms with Crippen LogP contribution in [0.25, 0.3) is 0 Å². The molecule has 0 aromatic heterocycles. The van der Waals surface area contributed by atoms with Crippen LogP contribution in [0, 0.1) is 0 Å².